The second kappa shape index (κ2) is 7.22. The number of likely N-dealkylation sites (tertiary alicyclic amines) is 1. The van der Waals surface area contributed by atoms with Crippen molar-refractivity contribution in [2.45, 2.75) is 25.2 Å². The number of hydrogen-bond donors (Lipinski definition) is 3. The minimum atomic E-state index is -1.41. The fourth-order valence-corrected chi connectivity index (χ4v) is 2.86. The van der Waals surface area contributed by atoms with Crippen LogP contribution in [0.15, 0.2) is 36.9 Å². The van der Waals surface area contributed by atoms with Gasteiger partial charge in [-0.1, -0.05) is 6.07 Å². The highest BCUT2D eigenvalue weighted by molar-refractivity contribution is 5.91. The van der Waals surface area contributed by atoms with Crippen LogP contribution in [-0.2, 0) is 6.54 Å². The van der Waals surface area contributed by atoms with Crippen LogP contribution in [0.4, 0.5) is 0 Å². The molecule has 0 radical (unpaired) electrons. The summed E-state index contributed by atoms with van der Waals surface area (Å²) in [6, 6.07) is 3.90. The summed E-state index contributed by atoms with van der Waals surface area (Å²) >= 11 is 0. The number of aryl methyl sites for hydroxylation is 1. The van der Waals surface area contributed by atoms with E-state index in [0.29, 0.717) is 13.1 Å². The SMILES string of the molecule is Cc1ccc(CN2C[C@@H](O)[C@](O)(CNC(=O)c3cnccn3)C2)cn1. The predicted molar refractivity (Wildman–Crippen MR) is 89.6 cm³/mol. The normalized spacial score (nSPS) is 23.6. The first-order valence-electron chi connectivity index (χ1n) is 8.05. The molecule has 0 spiro atoms. The molecule has 1 saturated heterocycles. The highest BCUT2D eigenvalue weighted by Gasteiger charge is 2.44. The lowest BCUT2D eigenvalue weighted by molar-refractivity contribution is -0.0377. The minimum absolute atomic E-state index is 0.0633. The van der Waals surface area contributed by atoms with Gasteiger partial charge in [0.1, 0.15) is 11.3 Å². The summed E-state index contributed by atoms with van der Waals surface area (Å²) in [5.74, 6) is -0.435. The van der Waals surface area contributed by atoms with Crippen molar-refractivity contribution in [3.05, 3.63) is 53.9 Å². The monoisotopic (exact) mass is 343 g/mol. The summed E-state index contributed by atoms with van der Waals surface area (Å²) in [4.78, 5) is 26.0. The number of nitrogens with zero attached hydrogens (tertiary/aromatic N) is 4. The van der Waals surface area contributed by atoms with E-state index in [1.165, 1.54) is 18.6 Å². The Bertz CT molecular complexity index is 725. The average molecular weight is 343 g/mol. The van der Waals surface area contributed by atoms with Gasteiger partial charge in [0.05, 0.1) is 18.8 Å². The maximum atomic E-state index is 12.0. The molecule has 2 atom stereocenters. The first-order valence-corrected chi connectivity index (χ1v) is 8.05. The Morgan fingerprint density at radius 2 is 2.20 bits per heavy atom. The van der Waals surface area contributed by atoms with Gasteiger partial charge in [-0.15, -0.1) is 0 Å². The third-order valence-corrected chi connectivity index (χ3v) is 4.28. The van der Waals surface area contributed by atoms with Crippen LogP contribution in [0.5, 0.6) is 0 Å². The van der Waals surface area contributed by atoms with E-state index >= 15 is 0 Å². The van der Waals surface area contributed by atoms with E-state index in [-0.39, 0.29) is 18.8 Å². The van der Waals surface area contributed by atoms with Crippen LogP contribution in [0.25, 0.3) is 0 Å². The highest BCUT2D eigenvalue weighted by atomic mass is 16.3. The van der Waals surface area contributed by atoms with Crippen molar-refractivity contribution < 1.29 is 15.0 Å². The van der Waals surface area contributed by atoms with E-state index in [1.807, 2.05) is 24.0 Å². The number of aliphatic hydroxyl groups is 2. The summed E-state index contributed by atoms with van der Waals surface area (Å²) in [6.07, 6.45) is 5.08. The van der Waals surface area contributed by atoms with Crippen molar-refractivity contribution >= 4 is 5.91 Å². The number of nitrogens with one attached hydrogen (secondary N) is 1. The van der Waals surface area contributed by atoms with Gasteiger partial charge in [-0.3, -0.25) is 19.7 Å². The smallest absolute Gasteiger partial charge is 0.271 e. The van der Waals surface area contributed by atoms with Crippen LogP contribution >= 0.6 is 0 Å². The molecule has 1 aliphatic rings. The van der Waals surface area contributed by atoms with E-state index < -0.39 is 17.6 Å². The number of hydrogen-bond acceptors (Lipinski definition) is 7. The van der Waals surface area contributed by atoms with Crippen LogP contribution < -0.4 is 5.32 Å². The molecule has 0 bridgehead atoms. The molecular weight excluding hydrogens is 322 g/mol. The lowest BCUT2D eigenvalue weighted by Crippen LogP contribution is -2.51. The van der Waals surface area contributed by atoms with E-state index in [2.05, 4.69) is 20.3 Å². The maximum Gasteiger partial charge on any atom is 0.271 e. The molecule has 3 N–H and O–H groups in total. The number of amides is 1. The Hall–Kier alpha value is -2.42. The van der Waals surface area contributed by atoms with Crippen LogP contribution in [0.1, 0.15) is 21.7 Å². The third kappa shape index (κ3) is 4.16. The van der Waals surface area contributed by atoms with Gasteiger partial charge in [-0.2, -0.15) is 0 Å². The van der Waals surface area contributed by atoms with Gasteiger partial charge in [0.2, 0.25) is 0 Å². The van der Waals surface area contributed by atoms with E-state index in [4.69, 9.17) is 0 Å². The Balaban J connectivity index is 1.58. The molecule has 1 amide bonds. The molecule has 0 saturated carbocycles. The number of aromatic nitrogens is 3. The van der Waals surface area contributed by atoms with Crippen molar-refractivity contribution in [1.29, 1.82) is 0 Å². The van der Waals surface area contributed by atoms with Gasteiger partial charge >= 0.3 is 0 Å². The zero-order chi connectivity index (χ0) is 17.9. The van der Waals surface area contributed by atoms with Crippen molar-refractivity contribution in [2.75, 3.05) is 19.6 Å². The minimum Gasteiger partial charge on any atom is -0.389 e. The Labute approximate surface area is 145 Å². The molecule has 25 heavy (non-hydrogen) atoms. The molecular formula is C17H21N5O3. The van der Waals surface area contributed by atoms with E-state index in [0.717, 1.165) is 11.3 Å². The molecule has 2 aromatic rings. The van der Waals surface area contributed by atoms with Gasteiger partial charge < -0.3 is 15.5 Å². The fraction of sp³-hybridized carbons (Fsp3) is 0.412. The highest BCUT2D eigenvalue weighted by Crippen LogP contribution is 2.23. The number of carbonyl (C=O) groups is 1. The standard InChI is InChI=1S/C17H21N5O3/c1-12-2-3-13(6-20-12)8-22-9-15(23)17(25,11-22)10-21-16(24)14-7-18-4-5-19-14/h2-7,15,23,25H,8-11H2,1H3,(H,21,24)/t15-,17+/m1/s1. The number of carbonyl (C=O) groups excluding carboxylic acids is 1. The van der Waals surface area contributed by atoms with E-state index in [1.54, 1.807) is 6.20 Å². The molecule has 132 valence electrons. The molecule has 3 rings (SSSR count). The Morgan fingerprint density at radius 3 is 2.88 bits per heavy atom. The second-order valence-electron chi connectivity index (χ2n) is 6.37. The van der Waals surface area contributed by atoms with Gasteiger partial charge in [0.15, 0.2) is 0 Å². The van der Waals surface area contributed by atoms with Crippen LogP contribution in [0.3, 0.4) is 0 Å². The lowest BCUT2D eigenvalue weighted by Gasteiger charge is -2.26. The van der Waals surface area contributed by atoms with Crippen molar-refractivity contribution in [3.8, 4) is 0 Å². The second-order valence-corrected chi connectivity index (χ2v) is 6.37. The molecule has 1 fully saturated rings. The van der Waals surface area contributed by atoms with Gasteiger partial charge in [0, 0.05) is 43.9 Å². The third-order valence-electron chi connectivity index (χ3n) is 4.28. The number of β-amino-alcohol motifs (C(OH)–C–C–N with tert-alkyl or cyclic N) is 2. The number of aliphatic hydroxyl groups excluding tert-OH is 1. The van der Waals surface area contributed by atoms with Gasteiger partial charge in [-0.25, -0.2) is 4.98 Å². The summed E-state index contributed by atoms with van der Waals surface area (Å²) in [7, 11) is 0. The molecule has 0 aromatic carbocycles. The first kappa shape index (κ1) is 17.4. The molecule has 8 nitrogen and oxygen atoms in total. The Morgan fingerprint density at radius 1 is 1.36 bits per heavy atom. The molecule has 3 heterocycles. The maximum absolute atomic E-state index is 12.0. The van der Waals surface area contributed by atoms with Crippen LogP contribution in [0.2, 0.25) is 0 Å². The molecule has 1 aliphatic heterocycles. The largest absolute Gasteiger partial charge is 0.389 e. The predicted octanol–water partition coefficient (Wildman–Crippen LogP) is -0.482. The van der Waals surface area contributed by atoms with Gasteiger partial charge in [-0.05, 0) is 18.6 Å². The van der Waals surface area contributed by atoms with Crippen molar-refractivity contribution in [1.82, 2.24) is 25.2 Å². The van der Waals surface area contributed by atoms with Gasteiger partial charge in [0.25, 0.3) is 5.91 Å². The summed E-state index contributed by atoms with van der Waals surface area (Å²) in [6.45, 7) is 3.01. The van der Waals surface area contributed by atoms with E-state index in [9.17, 15) is 15.0 Å². The molecule has 0 aliphatic carbocycles. The van der Waals surface area contributed by atoms with Crippen molar-refractivity contribution in [2.24, 2.45) is 0 Å². The quantitative estimate of drug-likeness (QED) is 0.672. The summed E-state index contributed by atoms with van der Waals surface area (Å²) in [5.41, 5.74) is 0.705. The summed E-state index contributed by atoms with van der Waals surface area (Å²) in [5, 5.41) is 23.5. The Kier molecular flexibility index (Phi) is 5.03. The molecule has 0 unspecified atom stereocenters. The molecule has 2 aromatic heterocycles. The fourth-order valence-electron chi connectivity index (χ4n) is 2.86. The topological polar surface area (TPSA) is 111 Å². The molecule has 8 heteroatoms. The number of rotatable bonds is 5. The van der Waals surface area contributed by atoms with Crippen LogP contribution in [0, 0.1) is 6.92 Å². The average Bonchev–Trinajstić information content (AvgIpc) is 2.90. The first-order chi connectivity index (χ1) is 12.0. The number of pyridine rings is 1. The summed E-state index contributed by atoms with van der Waals surface area (Å²) < 4.78 is 0. The zero-order valence-corrected chi connectivity index (χ0v) is 14.0. The van der Waals surface area contributed by atoms with Crippen LogP contribution in [-0.4, -0.2) is 67.3 Å². The zero-order valence-electron chi connectivity index (χ0n) is 14.0. The lowest BCUT2D eigenvalue weighted by atomic mass is 10.0. The van der Waals surface area contributed by atoms with Crippen molar-refractivity contribution in [3.63, 3.8) is 0 Å².